The Balaban J connectivity index is 1.84. The molecule has 3 N–H and O–H groups in total. The molecule has 2 fully saturated rings. The van der Waals surface area contributed by atoms with Crippen molar-refractivity contribution in [3.63, 3.8) is 0 Å². The van der Waals surface area contributed by atoms with Crippen molar-refractivity contribution in [1.82, 2.24) is 15.1 Å². The number of anilines is 1. The Morgan fingerprint density at radius 2 is 2.21 bits per heavy atom. The third-order valence-corrected chi connectivity index (χ3v) is 4.88. The summed E-state index contributed by atoms with van der Waals surface area (Å²) >= 11 is 0. The van der Waals surface area contributed by atoms with E-state index >= 15 is 0 Å². The van der Waals surface area contributed by atoms with Crippen LogP contribution in [0.2, 0.25) is 0 Å². The van der Waals surface area contributed by atoms with Gasteiger partial charge in [0.05, 0.1) is 11.9 Å². The molecule has 3 unspecified atom stereocenters. The lowest BCUT2D eigenvalue weighted by Crippen LogP contribution is -2.52. The van der Waals surface area contributed by atoms with E-state index in [0.29, 0.717) is 23.3 Å². The molecule has 0 spiro atoms. The topological polar surface area (TPSA) is 75.0 Å². The highest BCUT2D eigenvalue weighted by Crippen LogP contribution is 2.39. The van der Waals surface area contributed by atoms with Gasteiger partial charge in [-0.25, -0.2) is 0 Å². The monoisotopic (exact) mass is 262 g/mol. The number of nitrogens with two attached hydrogens (primary N) is 1. The fourth-order valence-corrected chi connectivity index (χ4v) is 3.78. The van der Waals surface area contributed by atoms with Crippen molar-refractivity contribution in [3.8, 4) is 0 Å². The number of nitrogen functional groups attached to an aromatic ring is 1. The smallest absolute Gasteiger partial charge is 0.274 e. The van der Waals surface area contributed by atoms with Crippen LogP contribution in [0.5, 0.6) is 0 Å². The van der Waals surface area contributed by atoms with Crippen LogP contribution >= 0.6 is 0 Å². The van der Waals surface area contributed by atoms with Crippen molar-refractivity contribution in [3.05, 3.63) is 11.9 Å². The minimum atomic E-state index is 0.0267. The van der Waals surface area contributed by atoms with Crippen LogP contribution < -0.4 is 5.73 Å². The number of hydrogen-bond acceptors (Lipinski definition) is 3. The summed E-state index contributed by atoms with van der Waals surface area (Å²) in [5.74, 6) is 1.42. The van der Waals surface area contributed by atoms with E-state index in [9.17, 15) is 4.79 Å². The van der Waals surface area contributed by atoms with Gasteiger partial charge in [-0.05, 0) is 31.1 Å². The molecule has 3 rings (SSSR count). The molecule has 1 amide bonds. The second-order valence-corrected chi connectivity index (χ2v) is 5.98. The van der Waals surface area contributed by atoms with Crippen molar-refractivity contribution in [2.45, 2.75) is 45.1 Å². The molecule has 1 aromatic heterocycles. The molecule has 19 heavy (non-hydrogen) atoms. The maximum absolute atomic E-state index is 12.6. The van der Waals surface area contributed by atoms with Gasteiger partial charge in [-0.1, -0.05) is 19.8 Å². The summed E-state index contributed by atoms with van der Waals surface area (Å²) in [6.45, 7) is 3.18. The number of carbonyl (C=O) groups excluding carboxylic acids is 1. The molecule has 2 heterocycles. The number of aromatic amines is 1. The fourth-order valence-electron chi connectivity index (χ4n) is 3.78. The predicted octanol–water partition coefficient (Wildman–Crippen LogP) is 2.03. The maximum Gasteiger partial charge on any atom is 0.274 e. The minimum Gasteiger partial charge on any atom is -0.396 e. The zero-order valence-corrected chi connectivity index (χ0v) is 11.4. The minimum absolute atomic E-state index is 0.0267. The Morgan fingerprint density at radius 3 is 2.95 bits per heavy atom. The lowest BCUT2D eigenvalue weighted by atomic mass is 9.72. The number of H-pyrrole nitrogens is 1. The highest BCUT2D eigenvalue weighted by molar-refractivity contribution is 5.97. The number of piperidine rings is 1. The lowest BCUT2D eigenvalue weighted by molar-refractivity contribution is 0.0214. The molecule has 104 valence electrons. The summed E-state index contributed by atoms with van der Waals surface area (Å²) in [5.41, 5.74) is 6.71. The van der Waals surface area contributed by atoms with Crippen molar-refractivity contribution >= 4 is 11.6 Å². The van der Waals surface area contributed by atoms with Gasteiger partial charge in [-0.3, -0.25) is 9.89 Å². The van der Waals surface area contributed by atoms with Crippen molar-refractivity contribution in [2.24, 2.45) is 11.8 Å². The number of amides is 1. The van der Waals surface area contributed by atoms with Crippen LogP contribution in [-0.2, 0) is 0 Å². The van der Waals surface area contributed by atoms with E-state index in [4.69, 9.17) is 5.73 Å². The number of carbonyl (C=O) groups is 1. The number of likely N-dealkylation sites (tertiary alicyclic amines) is 1. The summed E-state index contributed by atoms with van der Waals surface area (Å²) < 4.78 is 0. The first-order valence-electron chi connectivity index (χ1n) is 7.28. The Morgan fingerprint density at radius 1 is 1.42 bits per heavy atom. The predicted molar refractivity (Wildman–Crippen MR) is 73.6 cm³/mol. The Bertz CT molecular complexity index is 470. The van der Waals surface area contributed by atoms with Crippen molar-refractivity contribution in [1.29, 1.82) is 0 Å². The average molecular weight is 262 g/mol. The normalized spacial score (nSPS) is 31.0. The molecule has 0 radical (unpaired) electrons. The van der Waals surface area contributed by atoms with E-state index in [0.717, 1.165) is 25.3 Å². The summed E-state index contributed by atoms with van der Waals surface area (Å²) in [6.07, 6.45) is 7.54. The van der Waals surface area contributed by atoms with Gasteiger partial charge in [0.2, 0.25) is 0 Å². The van der Waals surface area contributed by atoms with Crippen LogP contribution in [0.1, 0.15) is 49.5 Å². The molecule has 1 saturated carbocycles. The van der Waals surface area contributed by atoms with Crippen LogP contribution in [0.25, 0.3) is 0 Å². The summed E-state index contributed by atoms with van der Waals surface area (Å²) in [5, 5.41) is 6.60. The quantitative estimate of drug-likeness (QED) is 0.813. The first-order chi connectivity index (χ1) is 9.18. The third-order valence-electron chi connectivity index (χ3n) is 4.88. The second kappa shape index (κ2) is 4.87. The lowest BCUT2D eigenvalue weighted by Gasteiger charge is -2.47. The number of fused-ring (bicyclic) bond motifs is 1. The molecule has 5 nitrogen and oxygen atoms in total. The van der Waals surface area contributed by atoms with Gasteiger partial charge in [-0.2, -0.15) is 5.10 Å². The zero-order chi connectivity index (χ0) is 13.4. The van der Waals surface area contributed by atoms with Crippen molar-refractivity contribution in [2.75, 3.05) is 12.3 Å². The number of hydrogen-bond donors (Lipinski definition) is 2. The number of nitrogens with one attached hydrogen (secondary N) is 1. The first-order valence-corrected chi connectivity index (χ1v) is 7.28. The van der Waals surface area contributed by atoms with Gasteiger partial charge >= 0.3 is 0 Å². The maximum atomic E-state index is 12.6. The molecular formula is C14H22N4O. The molecule has 0 aromatic carbocycles. The molecule has 1 aliphatic carbocycles. The van der Waals surface area contributed by atoms with E-state index in [2.05, 4.69) is 17.1 Å². The number of nitrogens with zero attached hydrogens (tertiary/aromatic N) is 2. The van der Waals surface area contributed by atoms with E-state index in [1.165, 1.54) is 25.5 Å². The second-order valence-electron chi connectivity index (χ2n) is 5.98. The van der Waals surface area contributed by atoms with Gasteiger partial charge in [0.15, 0.2) is 0 Å². The van der Waals surface area contributed by atoms with Gasteiger partial charge in [0.25, 0.3) is 5.91 Å². The van der Waals surface area contributed by atoms with Crippen LogP contribution in [0, 0.1) is 11.8 Å². The number of aromatic nitrogens is 2. The molecule has 1 aliphatic heterocycles. The SMILES string of the molecule is CC1CCN(C(=O)c2[nH]ncc2N)C2CCCCC12. The standard InChI is InChI=1S/C14H22N4O/c1-9-6-7-18(12-5-3-2-4-10(9)12)14(19)13-11(15)8-16-17-13/h8-10,12H,2-7,15H2,1H3,(H,16,17). The van der Waals surface area contributed by atoms with Crippen LogP contribution in [0.15, 0.2) is 6.20 Å². The average Bonchev–Trinajstić information content (AvgIpc) is 2.85. The molecule has 3 atom stereocenters. The molecule has 5 heteroatoms. The molecule has 0 bridgehead atoms. The Hall–Kier alpha value is -1.52. The van der Waals surface area contributed by atoms with Crippen LogP contribution in [0.4, 0.5) is 5.69 Å². The molecule has 1 saturated heterocycles. The molecular weight excluding hydrogens is 240 g/mol. The van der Waals surface area contributed by atoms with E-state index in [1.807, 2.05) is 4.90 Å². The molecule has 1 aromatic rings. The van der Waals surface area contributed by atoms with Gasteiger partial charge in [0, 0.05) is 12.6 Å². The summed E-state index contributed by atoms with van der Waals surface area (Å²) in [7, 11) is 0. The Kier molecular flexibility index (Phi) is 3.21. The summed E-state index contributed by atoms with van der Waals surface area (Å²) in [6, 6.07) is 0.396. The van der Waals surface area contributed by atoms with E-state index in [-0.39, 0.29) is 5.91 Å². The first kappa shape index (κ1) is 12.5. The third kappa shape index (κ3) is 2.11. The Labute approximate surface area is 113 Å². The van der Waals surface area contributed by atoms with Crippen molar-refractivity contribution < 1.29 is 4.79 Å². The molecule has 2 aliphatic rings. The van der Waals surface area contributed by atoms with Gasteiger partial charge in [-0.15, -0.1) is 0 Å². The fraction of sp³-hybridized carbons (Fsp3) is 0.714. The van der Waals surface area contributed by atoms with E-state index in [1.54, 1.807) is 0 Å². The van der Waals surface area contributed by atoms with Crippen LogP contribution in [0.3, 0.4) is 0 Å². The van der Waals surface area contributed by atoms with Gasteiger partial charge < -0.3 is 10.6 Å². The van der Waals surface area contributed by atoms with E-state index < -0.39 is 0 Å². The number of rotatable bonds is 1. The van der Waals surface area contributed by atoms with Crippen LogP contribution in [-0.4, -0.2) is 33.6 Å². The summed E-state index contributed by atoms with van der Waals surface area (Å²) in [4.78, 5) is 14.7. The zero-order valence-electron chi connectivity index (χ0n) is 11.4. The highest BCUT2D eigenvalue weighted by Gasteiger charge is 2.40. The largest absolute Gasteiger partial charge is 0.396 e. The van der Waals surface area contributed by atoms with Gasteiger partial charge in [0.1, 0.15) is 5.69 Å². The highest BCUT2D eigenvalue weighted by atomic mass is 16.2.